The number of nitrogens with zero attached hydrogens (tertiary/aromatic N) is 12. The molecule has 2 aliphatic heterocycles. The summed E-state index contributed by atoms with van der Waals surface area (Å²) in [7, 11) is 0. The molecule has 0 radical (unpaired) electrons. The van der Waals surface area contributed by atoms with Gasteiger partial charge in [0.05, 0.1) is 11.4 Å². The number of rotatable bonds is 6. The summed E-state index contributed by atoms with van der Waals surface area (Å²) in [4.78, 5) is 48.9. The number of aryl methyl sites for hydroxylation is 4. The average molecular weight is 891 g/mol. The van der Waals surface area contributed by atoms with Gasteiger partial charge in [-0.15, -0.1) is 0 Å². The number of hydrogen-bond donors (Lipinski definition) is 2. The quantitative estimate of drug-likeness (QED) is 0.112. The van der Waals surface area contributed by atoms with Crippen LogP contribution in [0.4, 0.5) is 46.4 Å². The smallest absolute Gasteiger partial charge is 0.254 e. The maximum Gasteiger partial charge on any atom is 0.254 e. The summed E-state index contributed by atoms with van der Waals surface area (Å²) in [5.41, 5.74) is 8.97. The molecule has 16 nitrogen and oxygen atoms in total. The van der Waals surface area contributed by atoms with Crippen LogP contribution < -0.4 is 20.9 Å². The van der Waals surface area contributed by atoms with Crippen molar-refractivity contribution in [2.45, 2.75) is 41.5 Å². The Morgan fingerprint density at radius 3 is 1.38 bits per heavy atom. The fourth-order valence-electron chi connectivity index (χ4n) is 6.91. The van der Waals surface area contributed by atoms with E-state index in [9.17, 15) is 27.2 Å². The van der Waals surface area contributed by atoms with E-state index in [-0.39, 0.29) is 23.2 Å². The minimum Gasteiger partial charge on any atom is -0.399 e. The van der Waals surface area contributed by atoms with Crippen LogP contribution in [-0.4, -0.2) is 113 Å². The van der Waals surface area contributed by atoms with Crippen LogP contribution >= 0.6 is 11.6 Å². The highest BCUT2D eigenvalue weighted by Gasteiger charge is 2.23. The number of piperazine rings is 2. The van der Waals surface area contributed by atoms with Crippen LogP contribution in [0.3, 0.4) is 0 Å². The van der Waals surface area contributed by atoms with Crippen molar-refractivity contribution in [3.05, 3.63) is 112 Å². The number of benzene rings is 2. The zero-order chi connectivity index (χ0) is 45.5. The van der Waals surface area contributed by atoms with Crippen molar-refractivity contribution in [1.82, 2.24) is 49.3 Å². The first-order valence-corrected chi connectivity index (χ1v) is 20.2. The lowest BCUT2D eigenvalue weighted by molar-refractivity contribution is -0.129. The van der Waals surface area contributed by atoms with Gasteiger partial charge in [0, 0.05) is 113 Å². The normalized spacial score (nSPS) is 13.8. The lowest BCUT2D eigenvalue weighted by atomic mass is 10.3. The average Bonchev–Trinajstić information content (AvgIpc) is 3.74. The predicted octanol–water partition coefficient (Wildman–Crippen LogP) is 6.12. The van der Waals surface area contributed by atoms with E-state index in [1.807, 2.05) is 49.6 Å². The van der Waals surface area contributed by atoms with E-state index >= 15 is 0 Å². The van der Waals surface area contributed by atoms with Crippen molar-refractivity contribution in [2.75, 3.05) is 73.2 Å². The van der Waals surface area contributed by atoms with E-state index in [0.717, 1.165) is 65.9 Å². The van der Waals surface area contributed by atoms with Gasteiger partial charge in [0.25, 0.3) is 11.9 Å². The van der Waals surface area contributed by atoms with Gasteiger partial charge in [-0.05, 0) is 64.1 Å². The lowest BCUT2D eigenvalue weighted by Crippen LogP contribution is -2.48. The number of carbonyl (C=O) groups excluding carboxylic acids is 2. The zero-order valence-corrected chi connectivity index (χ0v) is 36.3. The molecule has 2 fully saturated rings. The number of nitrogen functional groups attached to an aromatic ring is 1. The van der Waals surface area contributed by atoms with Gasteiger partial charge in [0.15, 0.2) is 0 Å². The van der Waals surface area contributed by atoms with Gasteiger partial charge >= 0.3 is 0 Å². The molecule has 0 bridgehead atoms. The number of hydrogen-bond acceptors (Lipinski definition) is 12. The minimum atomic E-state index is -0.684. The molecule has 6 aromatic rings. The van der Waals surface area contributed by atoms with Crippen molar-refractivity contribution in [2.24, 2.45) is 0 Å². The highest BCUT2D eigenvalue weighted by molar-refractivity contribution is 6.29. The fourth-order valence-corrected chi connectivity index (χ4v) is 7.08. The molecule has 2 aromatic carbocycles. The molecule has 3 N–H and O–H groups in total. The number of nitrogens with two attached hydrogens (primary N) is 1. The molecule has 2 amide bonds. The van der Waals surface area contributed by atoms with E-state index < -0.39 is 23.3 Å². The van der Waals surface area contributed by atoms with Gasteiger partial charge in [-0.3, -0.25) is 9.59 Å². The molecule has 21 heteroatoms. The molecule has 0 aliphatic carbocycles. The molecule has 0 atom stereocenters. The Balaban J connectivity index is 0.000000180. The van der Waals surface area contributed by atoms with E-state index in [4.69, 9.17) is 17.3 Å². The fraction of sp³-hybridized carbons (Fsp3) is 0.333. The molecule has 0 spiro atoms. The lowest BCUT2D eigenvalue weighted by Gasteiger charge is -2.35. The van der Waals surface area contributed by atoms with E-state index in [0.29, 0.717) is 68.0 Å². The first kappa shape index (κ1) is 45.7. The largest absolute Gasteiger partial charge is 0.399 e. The summed E-state index contributed by atoms with van der Waals surface area (Å²) in [6.45, 7) is 16.0. The summed E-state index contributed by atoms with van der Waals surface area (Å²) in [6.07, 6.45) is 0. The zero-order valence-electron chi connectivity index (χ0n) is 35.6. The van der Waals surface area contributed by atoms with Crippen molar-refractivity contribution in [1.29, 1.82) is 0 Å². The Labute approximate surface area is 366 Å². The molecule has 8 rings (SSSR count). The number of aromatic nitrogens is 8. The van der Waals surface area contributed by atoms with Crippen molar-refractivity contribution < 1.29 is 27.2 Å². The third-order valence-electron chi connectivity index (χ3n) is 9.89. The molecule has 4 aromatic heterocycles. The Kier molecular flexibility index (Phi) is 14.4. The van der Waals surface area contributed by atoms with Gasteiger partial charge in [-0.2, -0.15) is 30.1 Å². The van der Waals surface area contributed by atoms with Crippen LogP contribution in [0.2, 0.25) is 5.15 Å². The highest BCUT2D eigenvalue weighted by atomic mass is 35.5. The van der Waals surface area contributed by atoms with E-state index in [1.54, 1.807) is 40.2 Å². The van der Waals surface area contributed by atoms with Crippen LogP contribution in [-0.2, 0) is 9.59 Å². The Hall–Kier alpha value is -6.83. The van der Waals surface area contributed by atoms with Crippen LogP contribution in [0.5, 0.6) is 0 Å². The number of nitrogens with one attached hydrogen (secondary N) is 1. The Morgan fingerprint density at radius 1 is 0.571 bits per heavy atom. The van der Waals surface area contributed by atoms with Gasteiger partial charge in [-0.1, -0.05) is 11.6 Å². The minimum absolute atomic E-state index is 0.0427. The molecule has 332 valence electrons. The third kappa shape index (κ3) is 12.2. The standard InChI is InChI=1S/C21H23F2N7O.C15H19ClN6O.C6H5F2N/c1-13-8-14(2)30(27-13)21-25-19(24-18-10-16(22)9-17(23)11-18)12-20(26-21)29-6-4-28(5-7-29)15(3)31;1-10-8-11(2)22(19-10)15-17-13(16)9-14(18-15)21-6-4-20(5-7-21)12(3)23;7-4-1-5(8)3-6(9)2-4/h8-12H,4-7H2,1-3H3,(H,24,25,26);8-9H,4-7H2,1-3H3;1-3H,9H2. The maximum atomic E-state index is 13.6. The SMILES string of the molecule is CC(=O)N1CCN(c2cc(Cl)nc(-n3nc(C)cc3C)n2)CC1.CC(=O)N1CCN(c2cc(Nc3cc(F)cc(F)c3)nc(-n3nc(C)cc3C)n2)CC1.Nc1cc(F)cc(F)c1. The van der Waals surface area contributed by atoms with Gasteiger partial charge in [0.2, 0.25) is 11.8 Å². The first-order valence-electron chi connectivity index (χ1n) is 19.9. The van der Waals surface area contributed by atoms with E-state index in [2.05, 4.69) is 40.3 Å². The number of carbonyl (C=O) groups is 2. The van der Waals surface area contributed by atoms with Crippen molar-refractivity contribution in [3.63, 3.8) is 0 Å². The van der Waals surface area contributed by atoms with E-state index in [1.165, 1.54) is 12.1 Å². The number of halogens is 5. The number of anilines is 5. The summed E-state index contributed by atoms with van der Waals surface area (Å²) in [5.74, 6) is 0.0765. The Bertz CT molecular complexity index is 2520. The van der Waals surface area contributed by atoms with Crippen molar-refractivity contribution in [3.8, 4) is 11.9 Å². The molecule has 0 saturated carbocycles. The molecule has 0 unspecified atom stereocenters. The number of amides is 2. The van der Waals surface area contributed by atoms with Crippen LogP contribution in [0.25, 0.3) is 11.9 Å². The second-order valence-electron chi connectivity index (χ2n) is 14.9. The summed E-state index contributed by atoms with van der Waals surface area (Å²) in [6, 6.07) is 13.4. The molecule has 2 saturated heterocycles. The summed E-state index contributed by atoms with van der Waals surface area (Å²) in [5, 5.41) is 12.2. The van der Waals surface area contributed by atoms with Crippen LogP contribution in [0.1, 0.15) is 36.6 Å². The third-order valence-corrected chi connectivity index (χ3v) is 10.1. The predicted molar refractivity (Wildman–Crippen MR) is 232 cm³/mol. The maximum absolute atomic E-state index is 13.6. The second kappa shape index (κ2) is 19.9. The first-order chi connectivity index (χ1) is 29.9. The van der Waals surface area contributed by atoms with Crippen LogP contribution in [0.15, 0.2) is 60.7 Å². The summed E-state index contributed by atoms with van der Waals surface area (Å²) < 4.78 is 54.8. The summed E-state index contributed by atoms with van der Waals surface area (Å²) >= 11 is 6.17. The van der Waals surface area contributed by atoms with Gasteiger partial charge < -0.3 is 30.7 Å². The molecule has 63 heavy (non-hydrogen) atoms. The second-order valence-corrected chi connectivity index (χ2v) is 15.3. The monoisotopic (exact) mass is 890 g/mol. The molecular formula is C42H47ClF4N14O2. The van der Waals surface area contributed by atoms with Gasteiger partial charge in [0.1, 0.15) is 45.9 Å². The van der Waals surface area contributed by atoms with Crippen molar-refractivity contribution >= 4 is 52.2 Å². The topological polar surface area (TPSA) is 172 Å². The van der Waals surface area contributed by atoms with Crippen LogP contribution in [0, 0.1) is 51.0 Å². The molecule has 2 aliphatic rings. The molecule has 6 heterocycles. The Morgan fingerprint density at radius 2 is 0.984 bits per heavy atom. The highest BCUT2D eigenvalue weighted by Crippen LogP contribution is 2.25. The van der Waals surface area contributed by atoms with Gasteiger partial charge in [-0.25, -0.2) is 26.9 Å². The molecular weight excluding hydrogens is 844 g/mol.